The topological polar surface area (TPSA) is 49.8 Å². The first-order valence-electron chi connectivity index (χ1n) is 11.2. The first-order valence-corrected chi connectivity index (χ1v) is 11.6. The number of hydrogen-bond acceptors (Lipinski definition) is 4. The van der Waals surface area contributed by atoms with E-state index in [1.165, 1.54) is 18.2 Å². The van der Waals surface area contributed by atoms with Gasteiger partial charge in [-0.15, -0.1) is 0 Å². The Kier molecular flexibility index (Phi) is 4.87. The Hall–Kier alpha value is -2.04. The molecule has 31 heavy (non-hydrogen) atoms. The van der Waals surface area contributed by atoms with Crippen LogP contribution >= 0.6 is 11.6 Å². The van der Waals surface area contributed by atoms with Gasteiger partial charge in [-0.3, -0.25) is 9.69 Å². The standard InChI is InChI=1S/C26H30ClNO3/c1-16-23-11-17-7-8-21(29)13-22(17)25(16,2)9-10-28(23)15-19-14-26(19,24(30)31-3)18-5-4-6-20(27)12-18/h4-8,12-13,16,19,23,29H,9-11,14-15H2,1-3H3/t16-,19+,23+,25+,26-/m0/s1. The number of esters is 1. The van der Waals surface area contributed by atoms with Gasteiger partial charge in [0.25, 0.3) is 0 Å². The predicted octanol–water partition coefficient (Wildman–Crippen LogP) is 4.70. The lowest BCUT2D eigenvalue weighted by molar-refractivity contribution is -0.144. The first-order chi connectivity index (χ1) is 14.8. The number of fused-ring (bicyclic) bond motifs is 4. The maximum Gasteiger partial charge on any atom is 0.316 e. The fourth-order valence-electron chi connectivity index (χ4n) is 6.42. The molecule has 2 fully saturated rings. The summed E-state index contributed by atoms with van der Waals surface area (Å²) in [6, 6.07) is 14.0. The van der Waals surface area contributed by atoms with E-state index in [1.54, 1.807) is 6.07 Å². The summed E-state index contributed by atoms with van der Waals surface area (Å²) in [7, 11) is 1.48. The molecule has 1 aliphatic heterocycles. The molecular formula is C26H30ClNO3. The van der Waals surface area contributed by atoms with Gasteiger partial charge in [-0.05, 0) is 84.0 Å². The lowest BCUT2D eigenvalue weighted by Gasteiger charge is -2.54. The summed E-state index contributed by atoms with van der Waals surface area (Å²) >= 11 is 6.25. The van der Waals surface area contributed by atoms with Gasteiger partial charge in [0.1, 0.15) is 5.75 Å². The number of ether oxygens (including phenoxy) is 1. The Morgan fingerprint density at radius 3 is 2.84 bits per heavy atom. The zero-order chi connectivity index (χ0) is 22.0. The van der Waals surface area contributed by atoms with Crippen molar-refractivity contribution in [3.05, 3.63) is 64.2 Å². The molecule has 2 aliphatic carbocycles. The van der Waals surface area contributed by atoms with Crippen molar-refractivity contribution >= 4 is 17.6 Å². The average molecular weight is 440 g/mol. The van der Waals surface area contributed by atoms with Gasteiger partial charge in [-0.2, -0.15) is 0 Å². The van der Waals surface area contributed by atoms with Gasteiger partial charge in [-0.1, -0.05) is 43.6 Å². The Bertz CT molecular complexity index is 1040. The van der Waals surface area contributed by atoms with E-state index in [-0.39, 0.29) is 17.3 Å². The van der Waals surface area contributed by atoms with E-state index in [1.807, 2.05) is 30.3 Å². The minimum absolute atomic E-state index is 0.0729. The molecule has 5 atom stereocenters. The summed E-state index contributed by atoms with van der Waals surface area (Å²) in [5.41, 5.74) is 3.12. The molecule has 2 aromatic rings. The van der Waals surface area contributed by atoms with Gasteiger partial charge in [0.2, 0.25) is 0 Å². The van der Waals surface area contributed by atoms with Crippen molar-refractivity contribution in [2.45, 2.75) is 50.0 Å². The van der Waals surface area contributed by atoms with Gasteiger partial charge < -0.3 is 9.84 Å². The molecular weight excluding hydrogens is 410 g/mol. The summed E-state index contributed by atoms with van der Waals surface area (Å²) in [5.74, 6) is 0.915. The van der Waals surface area contributed by atoms with Gasteiger partial charge in [-0.25, -0.2) is 0 Å². The molecule has 164 valence electrons. The molecule has 2 bridgehead atoms. The SMILES string of the molecule is COC(=O)[C@]1(c2cccc(Cl)c2)C[C@@H]1CN1CC[C@@]2(C)c3cc(O)ccc3C[C@@H]1[C@@H]2C. The third-order valence-corrected chi connectivity index (χ3v) is 8.79. The van der Waals surface area contributed by atoms with Crippen LogP contribution in [0.15, 0.2) is 42.5 Å². The first kappa shape index (κ1) is 20.8. The predicted molar refractivity (Wildman–Crippen MR) is 122 cm³/mol. The van der Waals surface area contributed by atoms with E-state index in [2.05, 4.69) is 24.8 Å². The molecule has 0 unspecified atom stereocenters. The zero-order valence-electron chi connectivity index (χ0n) is 18.4. The molecule has 4 nitrogen and oxygen atoms in total. The van der Waals surface area contributed by atoms with Crippen molar-refractivity contribution in [3.63, 3.8) is 0 Å². The van der Waals surface area contributed by atoms with Crippen molar-refractivity contribution < 1.29 is 14.6 Å². The van der Waals surface area contributed by atoms with Crippen LogP contribution in [0.4, 0.5) is 0 Å². The Morgan fingerprint density at radius 1 is 1.29 bits per heavy atom. The van der Waals surface area contributed by atoms with Crippen molar-refractivity contribution in [1.82, 2.24) is 4.90 Å². The van der Waals surface area contributed by atoms with Gasteiger partial charge in [0.15, 0.2) is 0 Å². The second kappa shape index (κ2) is 7.25. The van der Waals surface area contributed by atoms with Crippen molar-refractivity contribution in [2.24, 2.45) is 11.8 Å². The number of hydrogen-bond donors (Lipinski definition) is 1. The highest BCUT2D eigenvalue weighted by atomic mass is 35.5. The molecule has 5 heteroatoms. The number of nitrogens with zero attached hydrogens (tertiary/aromatic N) is 1. The summed E-state index contributed by atoms with van der Waals surface area (Å²) in [5, 5.41) is 10.7. The van der Waals surface area contributed by atoms with Crippen LogP contribution in [-0.2, 0) is 26.8 Å². The number of phenols is 1. The van der Waals surface area contributed by atoms with Crippen molar-refractivity contribution in [1.29, 1.82) is 0 Å². The maximum absolute atomic E-state index is 12.9. The number of benzene rings is 2. The molecule has 1 saturated carbocycles. The fraction of sp³-hybridized carbons (Fsp3) is 0.500. The van der Waals surface area contributed by atoms with Gasteiger partial charge in [0.05, 0.1) is 12.5 Å². The van der Waals surface area contributed by atoms with Crippen LogP contribution in [0, 0.1) is 11.8 Å². The zero-order valence-corrected chi connectivity index (χ0v) is 19.2. The van der Waals surface area contributed by atoms with E-state index in [0.717, 1.165) is 37.9 Å². The number of piperidine rings is 1. The lowest BCUT2D eigenvalue weighted by atomic mass is 9.59. The fourth-order valence-corrected chi connectivity index (χ4v) is 6.62. The second-order valence-corrected chi connectivity index (χ2v) is 10.4. The van der Waals surface area contributed by atoms with Crippen LogP contribution < -0.4 is 0 Å². The van der Waals surface area contributed by atoms with E-state index < -0.39 is 5.41 Å². The Balaban J connectivity index is 1.42. The third-order valence-electron chi connectivity index (χ3n) is 8.56. The van der Waals surface area contributed by atoms with E-state index >= 15 is 0 Å². The number of likely N-dealkylation sites (tertiary alicyclic amines) is 1. The van der Waals surface area contributed by atoms with E-state index in [9.17, 15) is 9.90 Å². The normalized spacial score (nSPS) is 34.1. The van der Waals surface area contributed by atoms with Crippen LogP contribution in [-0.4, -0.2) is 42.2 Å². The Labute approximate surface area is 189 Å². The molecule has 1 saturated heterocycles. The van der Waals surface area contributed by atoms with Crippen molar-refractivity contribution in [3.8, 4) is 5.75 Å². The average Bonchev–Trinajstić information content (AvgIpc) is 3.48. The second-order valence-electron chi connectivity index (χ2n) is 9.94. The minimum Gasteiger partial charge on any atom is -0.508 e. The molecule has 5 rings (SSSR count). The molecule has 0 spiro atoms. The number of methoxy groups -OCH3 is 1. The molecule has 1 heterocycles. The minimum atomic E-state index is -0.581. The summed E-state index contributed by atoms with van der Waals surface area (Å²) in [6.07, 6.45) is 2.84. The van der Waals surface area contributed by atoms with Crippen molar-refractivity contribution in [2.75, 3.05) is 20.2 Å². The van der Waals surface area contributed by atoms with E-state index in [4.69, 9.17) is 16.3 Å². The highest BCUT2D eigenvalue weighted by molar-refractivity contribution is 6.30. The molecule has 0 aromatic heterocycles. The number of aromatic hydroxyl groups is 1. The van der Waals surface area contributed by atoms with Crippen LogP contribution in [0.25, 0.3) is 0 Å². The Morgan fingerprint density at radius 2 is 2.10 bits per heavy atom. The quantitative estimate of drug-likeness (QED) is 0.701. The molecule has 1 N–H and O–H groups in total. The number of halogens is 1. The van der Waals surface area contributed by atoms with Crippen LogP contribution in [0.2, 0.25) is 5.02 Å². The number of phenolic OH excluding ortho intramolecular Hbond substituents is 1. The van der Waals surface area contributed by atoms with Crippen LogP contribution in [0.3, 0.4) is 0 Å². The summed E-state index contributed by atoms with van der Waals surface area (Å²) in [4.78, 5) is 15.5. The number of carbonyl (C=O) groups excluding carboxylic acids is 1. The highest BCUT2D eigenvalue weighted by Crippen LogP contribution is 2.57. The van der Waals surface area contributed by atoms with Gasteiger partial charge in [0, 0.05) is 17.6 Å². The lowest BCUT2D eigenvalue weighted by Crippen LogP contribution is -2.58. The summed E-state index contributed by atoms with van der Waals surface area (Å²) < 4.78 is 5.24. The van der Waals surface area contributed by atoms with Crippen LogP contribution in [0.1, 0.15) is 43.4 Å². The molecule has 2 aromatic carbocycles. The third kappa shape index (κ3) is 3.10. The summed E-state index contributed by atoms with van der Waals surface area (Å²) in [6.45, 7) is 6.59. The highest BCUT2D eigenvalue weighted by Gasteiger charge is 2.63. The molecule has 0 radical (unpaired) electrons. The molecule has 0 amide bonds. The molecule has 3 aliphatic rings. The number of rotatable bonds is 4. The maximum atomic E-state index is 12.9. The smallest absolute Gasteiger partial charge is 0.316 e. The van der Waals surface area contributed by atoms with E-state index in [0.29, 0.717) is 22.7 Å². The monoisotopic (exact) mass is 439 g/mol. The van der Waals surface area contributed by atoms with Crippen LogP contribution in [0.5, 0.6) is 5.75 Å². The number of carbonyl (C=O) groups is 1. The van der Waals surface area contributed by atoms with Gasteiger partial charge >= 0.3 is 5.97 Å². The largest absolute Gasteiger partial charge is 0.508 e.